The van der Waals surface area contributed by atoms with E-state index >= 15 is 0 Å². The normalized spacial score (nSPS) is 11.4. The zero-order valence-electron chi connectivity index (χ0n) is 6.48. The highest BCUT2D eigenvalue weighted by Crippen LogP contribution is 2.51. The number of allylic oxidation sites excluding steroid dienone is 1. The van der Waals surface area contributed by atoms with E-state index in [1.807, 2.05) is 20.8 Å². The lowest BCUT2D eigenvalue weighted by Crippen LogP contribution is -1.88. The first-order valence-electron chi connectivity index (χ1n) is 3.31. The van der Waals surface area contributed by atoms with Crippen LogP contribution in [0.5, 0.6) is 0 Å². The largest absolute Gasteiger partial charge is 0.319 e. The molecule has 0 aromatic rings. The summed E-state index contributed by atoms with van der Waals surface area (Å²) in [6, 6.07) is 0. The van der Waals surface area contributed by atoms with Gasteiger partial charge < -0.3 is 4.57 Å². The van der Waals surface area contributed by atoms with E-state index in [0.29, 0.717) is 0 Å². The van der Waals surface area contributed by atoms with Crippen molar-refractivity contribution in [1.82, 2.24) is 0 Å². The smallest absolute Gasteiger partial charge is 0.110 e. The summed E-state index contributed by atoms with van der Waals surface area (Å²) < 4.78 is 11.6. The van der Waals surface area contributed by atoms with Crippen molar-refractivity contribution >= 4 is 7.14 Å². The zero-order valence-corrected chi connectivity index (χ0v) is 7.37. The molecule has 0 aromatic heterocycles. The Labute approximate surface area is 57.5 Å². The van der Waals surface area contributed by atoms with Crippen LogP contribution in [0.1, 0.15) is 20.8 Å². The molecule has 0 rings (SSSR count). The van der Waals surface area contributed by atoms with Crippen LogP contribution in [0, 0.1) is 0 Å². The van der Waals surface area contributed by atoms with Crippen LogP contribution in [0.3, 0.4) is 0 Å². The van der Waals surface area contributed by atoms with Gasteiger partial charge in [0.2, 0.25) is 0 Å². The van der Waals surface area contributed by atoms with Crippen molar-refractivity contribution < 1.29 is 4.57 Å². The molecule has 0 heterocycles. The summed E-state index contributed by atoms with van der Waals surface area (Å²) in [5.74, 6) is 0. The van der Waals surface area contributed by atoms with Gasteiger partial charge in [0.15, 0.2) is 0 Å². The Morgan fingerprint density at radius 2 is 1.78 bits per heavy atom. The van der Waals surface area contributed by atoms with E-state index in [1.54, 1.807) is 0 Å². The van der Waals surface area contributed by atoms with E-state index in [2.05, 4.69) is 6.58 Å². The molecule has 0 aliphatic rings. The second-order valence-electron chi connectivity index (χ2n) is 2.26. The summed E-state index contributed by atoms with van der Waals surface area (Å²) in [5, 5.41) is 0.868. The molecule has 0 saturated carbocycles. The van der Waals surface area contributed by atoms with Gasteiger partial charge in [0.1, 0.15) is 7.14 Å². The highest BCUT2D eigenvalue weighted by atomic mass is 31.2. The van der Waals surface area contributed by atoms with E-state index < -0.39 is 7.14 Å². The fourth-order valence-corrected chi connectivity index (χ4v) is 2.29. The van der Waals surface area contributed by atoms with Gasteiger partial charge in [-0.1, -0.05) is 20.4 Å². The zero-order chi connectivity index (χ0) is 7.49. The molecule has 0 aliphatic carbocycles. The van der Waals surface area contributed by atoms with Crippen LogP contribution in [0.25, 0.3) is 0 Å². The van der Waals surface area contributed by atoms with E-state index in [9.17, 15) is 4.57 Å². The van der Waals surface area contributed by atoms with Crippen molar-refractivity contribution in [2.24, 2.45) is 0 Å². The van der Waals surface area contributed by atoms with E-state index in [1.165, 1.54) is 0 Å². The maximum atomic E-state index is 11.6. The molecule has 0 aromatic carbocycles. The van der Waals surface area contributed by atoms with Gasteiger partial charge in [-0.05, 0) is 12.2 Å². The third-order valence-corrected chi connectivity index (χ3v) is 5.15. The van der Waals surface area contributed by atoms with Gasteiger partial charge in [0.05, 0.1) is 0 Å². The lowest BCUT2D eigenvalue weighted by Gasteiger charge is -2.12. The summed E-state index contributed by atoms with van der Waals surface area (Å²) >= 11 is 0. The number of rotatable bonds is 3. The van der Waals surface area contributed by atoms with E-state index in [0.717, 1.165) is 17.6 Å². The first-order valence-corrected chi connectivity index (χ1v) is 5.38. The minimum absolute atomic E-state index is 0.763. The molecule has 0 fully saturated rings. The van der Waals surface area contributed by atoms with E-state index in [4.69, 9.17) is 0 Å². The van der Waals surface area contributed by atoms with Crippen LogP contribution >= 0.6 is 7.14 Å². The van der Waals surface area contributed by atoms with Crippen LogP contribution in [-0.2, 0) is 4.57 Å². The molecule has 0 spiro atoms. The van der Waals surface area contributed by atoms with Crippen LogP contribution in [-0.4, -0.2) is 12.3 Å². The summed E-state index contributed by atoms with van der Waals surface area (Å²) in [6.07, 6.45) is 1.53. The molecule has 0 N–H and O–H groups in total. The van der Waals surface area contributed by atoms with Crippen LogP contribution < -0.4 is 0 Å². The fraction of sp³-hybridized carbons (Fsp3) is 0.714. The Morgan fingerprint density at radius 3 is 1.78 bits per heavy atom. The van der Waals surface area contributed by atoms with Crippen molar-refractivity contribution in [3.05, 3.63) is 11.9 Å². The summed E-state index contributed by atoms with van der Waals surface area (Å²) in [4.78, 5) is 0. The average Bonchev–Trinajstić information content (AvgIpc) is 1.86. The first kappa shape index (κ1) is 8.97. The molecular formula is C7H15OP. The SMILES string of the molecule is C=C(C)P(=O)(CC)CC. The molecule has 9 heavy (non-hydrogen) atoms. The molecule has 1 nitrogen and oxygen atoms in total. The molecule has 0 aliphatic heterocycles. The third kappa shape index (κ3) is 1.98. The molecule has 0 amide bonds. The molecule has 2 heteroatoms. The monoisotopic (exact) mass is 146 g/mol. The molecule has 54 valence electrons. The quantitative estimate of drug-likeness (QED) is 0.559. The highest BCUT2D eigenvalue weighted by Gasteiger charge is 2.16. The lowest BCUT2D eigenvalue weighted by atomic mass is 10.8. The van der Waals surface area contributed by atoms with Crippen LogP contribution in [0.4, 0.5) is 0 Å². The Kier molecular flexibility index (Phi) is 3.21. The van der Waals surface area contributed by atoms with Crippen molar-refractivity contribution in [3.63, 3.8) is 0 Å². The van der Waals surface area contributed by atoms with Crippen molar-refractivity contribution in [2.75, 3.05) is 12.3 Å². The van der Waals surface area contributed by atoms with Gasteiger partial charge in [-0.3, -0.25) is 0 Å². The number of hydrogen-bond donors (Lipinski definition) is 0. The standard InChI is InChI=1S/C7H15OP/c1-5-9(8,6-2)7(3)4/h3,5-6H2,1-2,4H3. The van der Waals surface area contributed by atoms with Crippen molar-refractivity contribution in [1.29, 1.82) is 0 Å². The van der Waals surface area contributed by atoms with Gasteiger partial charge in [0, 0.05) is 12.3 Å². The average molecular weight is 146 g/mol. The van der Waals surface area contributed by atoms with Gasteiger partial charge in [-0.2, -0.15) is 0 Å². The molecule has 0 atom stereocenters. The van der Waals surface area contributed by atoms with Crippen LogP contribution in [0.2, 0.25) is 0 Å². The third-order valence-electron chi connectivity index (χ3n) is 1.72. The van der Waals surface area contributed by atoms with Crippen LogP contribution in [0.15, 0.2) is 11.9 Å². The van der Waals surface area contributed by atoms with Crippen molar-refractivity contribution in [3.8, 4) is 0 Å². The highest BCUT2D eigenvalue weighted by molar-refractivity contribution is 7.68. The lowest BCUT2D eigenvalue weighted by molar-refractivity contribution is 0.580. The molecule has 0 bridgehead atoms. The topological polar surface area (TPSA) is 17.1 Å². The first-order chi connectivity index (χ1) is 4.06. The molecular weight excluding hydrogens is 131 g/mol. The summed E-state index contributed by atoms with van der Waals surface area (Å²) in [6.45, 7) is 9.48. The maximum absolute atomic E-state index is 11.6. The Balaban J connectivity index is 4.30. The molecule has 0 saturated heterocycles. The Morgan fingerprint density at radius 1 is 1.44 bits per heavy atom. The molecule has 0 radical (unpaired) electrons. The second-order valence-corrected chi connectivity index (χ2v) is 6.06. The van der Waals surface area contributed by atoms with Gasteiger partial charge in [-0.25, -0.2) is 0 Å². The van der Waals surface area contributed by atoms with Gasteiger partial charge in [-0.15, -0.1) is 0 Å². The summed E-state index contributed by atoms with van der Waals surface area (Å²) in [5.41, 5.74) is 0. The van der Waals surface area contributed by atoms with Gasteiger partial charge >= 0.3 is 0 Å². The van der Waals surface area contributed by atoms with E-state index in [-0.39, 0.29) is 0 Å². The molecule has 0 unspecified atom stereocenters. The fourth-order valence-electron chi connectivity index (χ4n) is 0.763. The second kappa shape index (κ2) is 3.22. The Bertz CT molecular complexity index is 141. The van der Waals surface area contributed by atoms with Gasteiger partial charge in [0.25, 0.3) is 0 Å². The minimum Gasteiger partial charge on any atom is -0.319 e. The maximum Gasteiger partial charge on any atom is 0.110 e. The predicted octanol–water partition coefficient (Wildman–Crippen LogP) is 2.92. The summed E-state index contributed by atoms with van der Waals surface area (Å²) in [7, 11) is -1.95. The number of hydrogen-bond acceptors (Lipinski definition) is 1. The minimum atomic E-state index is -1.95. The predicted molar refractivity (Wildman–Crippen MR) is 43.5 cm³/mol. The van der Waals surface area contributed by atoms with Crippen molar-refractivity contribution in [2.45, 2.75) is 20.8 Å². The Hall–Kier alpha value is -0.0300.